The number of ether oxygens (including phenoxy) is 1. The predicted molar refractivity (Wildman–Crippen MR) is 82.1 cm³/mol. The van der Waals surface area contributed by atoms with Crippen LogP contribution in [0.15, 0.2) is 6.20 Å². The van der Waals surface area contributed by atoms with E-state index in [1.54, 1.807) is 6.92 Å². The Bertz CT molecular complexity index is 561. The van der Waals surface area contributed by atoms with Gasteiger partial charge in [0.2, 0.25) is 5.95 Å². The summed E-state index contributed by atoms with van der Waals surface area (Å²) >= 11 is 6.02. The maximum Gasteiger partial charge on any atom is 0.307 e. The fraction of sp³-hybridized carbons (Fsp3) is 0.571. The highest BCUT2D eigenvalue weighted by molar-refractivity contribution is 6.33. The van der Waals surface area contributed by atoms with Crippen LogP contribution < -0.4 is 10.2 Å². The van der Waals surface area contributed by atoms with Crippen LogP contribution in [0.1, 0.15) is 36.7 Å². The molecule has 2 heterocycles. The van der Waals surface area contributed by atoms with Crippen molar-refractivity contribution in [2.45, 2.75) is 32.2 Å². The van der Waals surface area contributed by atoms with E-state index in [-0.39, 0.29) is 29.1 Å². The third kappa shape index (κ3) is 4.07. The highest BCUT2D eigenvalue weighted by Gasteiger charge is 2.21. The lowest BCUT2D eigenvalue weighted by Gasteiger charge is -2.17. The molecule has 0 bridgehead atoms. The van der Waals surface area contributed by atoms with Gasteiger partial charge in [-0.05, 0) is 19.8 Å². The second-order valence-electron chi connectivity index (χ2n) is 5.22. The van der Waals surface area contributed by atoms with Crippen molar-refractivity contribution in [3.8, 4) is 0 Å². The summed E-state index contributed by atoms with van der Waals surface area (Å²) in [6.45, 7) is 3.47. The van der Waals surface area contributed by atoms with E-state index < -0.39 is 5.91 Å². The van der Waals surface area contributed by atoms with Crippen LogP contribution in [0.4, 0.5) is 5.95 Å². The van der Waals surface area contributed by atoms with Crippen molar-refractivity contribution in [3.05, 3.63) is 16.9 Å². The summed E-state index contributed by atoms with van der Waals surface area (Å²) in [4.78, 5) is 33.9. The number of esters is 1. The summed E-state index contributed by atoms with van der Waals surface area (Å²) in [6, 6.07) is -0.374. The summed E-state index contributed by atoms with van der Waals surface area (Å²) in [6.07, 6.45) is 3.69. The standard InChI is InChI=1S/C14H19ClN4O3/c1-9(7-11(20)22-2)17-13(21)12-10(15)8-16-14(18-12)19-5-3-4-6-19/h8-9H,3-7H2,1-2H3,(H,17,21). The summed E-state index contributed by atoms with van der Waals surface area (Å²) in [5.74, 6) is -0.309. The summed E-state index contributed by atoms with van der Waals surface area (Å²) in [5, 5.41) is 2.87. The first kappa shape index (κ1) is 16.5. The van der Waals surface area contributed by atoms with Crippen LogP contribution in [0.2, 0.25) is 5.02 Å². The van der Waals surface area contributed by atoms with Crippen LogP contribution in [0.25, 0.3) is 0 Å². The lowest BCUT2D eigenvalue weighted by atomic mass is 10.2. The number of carbonyl (C=O) groups is 2. The Hall–Kier alpha value is -1.89. The first-order valence-corrected chi connectivity index (χ1v) is 7.54. The molecule has 7 nitrogen and oxygen atoms in total. The Morgan fingerprint density at radius 3 is 2.77 bits per heavy atom. The van der Waals surface area contributed by atoms with Crippen LogP contribution in [-0.4, -0.2) is 48.1 Å². The van der Waals surface area contributed by atoms with Crippen molar-refractivity contribution in [2.75, 3.05) is 25.1 Å². The van der Waals surface area contributed by atoms with Gasteiger partial charge in [-0.15, -0.1) is 0 Å². The molecule has 0 saturated carbocycles. The van der Waals surface area contributed by atoms with Crippen LogP contribution in [-0.2, 0) is 9.53 Å². The lowest BCUT2D eigenvalue weighted by Crippen LogP contribution is -2.35. The number of aromatic nitrogens is 2. The number of nitrogens with zero attached hydrogens (tertiary/aromatic N) is 3. The molecule has 1 N–H and O–H groups in total. The number of halogens is 1. The second-order valence-corrected chi connectivity index (χ2v) is 5.62. The molecule has 0 spiro atoms. The van der Waals surface area contributed by atoms with E-state index in [1.165, 1.54) is 13.3 Å². The molecular weight excluding hydrogens is 308 g/mol. The van der Waals surface area contributed by atoms with Crippen molar-refractivity contribution >= 4 is 29.4 Å². The Balaban J connectivity index is 2.08. The summed E-state index contributed by atoms with van der Waals surface area (Å²) in [5.41, 5.74) is 0.121. The minimum atomic E-state index is -0.427. The van der Waals surface area contributed by atoms with E-state index in [9.17, 15) is 9.59 Å². The van der Waals surface area contributed by atoms with Gasteiger partial charge < -0.3 is 15.0 Å². The van der Waals surface area contributed by atoms with Gasteiger partial charge in [-0.1, -0.05) is 11.6 Å². The van der Waals surface area contributed by atoms with Gasteiger partial charge >= 0.3 is 5.97 Å². The van der Waals surface area contributed by atoms with E-state index in [0.717, 1.165) is 25.9 Å². The average molecular weight is 327 g/mol. The average Bonchev–Trinajstić information content (AvgIpc) is 3.01. The number of hydrogen-bond donors (Lipinski definition) is 1. The van der Waals surface area contributed by atoms with Crippen molar-refractivity contribution in [3.63, 3.8) is 0 Å². The minimum Gasteiger partial charge on any atom is -0.469 e. The topological polar surface area (TPSA) is 84.4 Å². The van der Waals surface area contributed by atoms with Gasteiger partial charge in [-0.3, -0.25) is 9.59 Å². The fourth-order valence-electron chi connectivity index (χ4n) is 2.26. The normalized spacial score (nSPS) is 15.5. The van der Waals surface area contributed by atoms with Crippen molar-refractivity contribution in [2.24, 2.45) is 0 Å². The van der Waals surface area contributed by atoms with Crippen LogP contribution >= 0.6 is 11.6 Å². The van der Waals surface area contributed by atoms with Crippen molar-refractivity contribution < 1.29 is 14.3 Å². The zero-order chi connectivity index (χ0) is 16.1. The molecule has 0 radical (unpaired) electrons. The van der Waals surface area contributed by atoms with Gasteiger partial charge in [0.15, 0.2) is 5.69 Å². The van der Waals surface area contributed by atoms with Crippen LogP contribution in [0, 0.1) is 0 Å². The molecule has 0 aromatic carbocycles. The number of rotatable bonds is 5. The smallest absolute Gasteiger partial charge is 0.307 e. The van der Waals surface area contributed by atoms with Crippen molar-refractivity contribution in [1.82, 2.24) is 15.3 Å². The first-order valence-electron chi connectivity index (χ1n) is 7.16. The Kier molecular flexibility index (Phi) is 5.54. The minimum absolute atomic E-state index is 0.0872. The zero-order valence-electron chi connectivity index (χ0n) is 12.6. The van der Waals surface area contributed by atoms with Gasteiger partial charge in [0.05, 0.1) is 24.8 Å². The van der Waals surface area contributed by atoms with Gasteiger partial charge in [-0.25, -0.2) is 9.97 Å². The molecule has 1 aromatic heterocycles. The molecule has 1 atom stereocenters. The molecule has 1 aliphatic rings. The molecule has 120 valence electrons. The molecular formula is C14H19ClN4O3. The summed E-state index contributed by atoms with van der Waals surface area (Å²) in [7, 11) is 1.31. The second kappa shape index (κ2) is 7.40. The molecule has 1 amide bonds. The third-order valence-corrected chi connectivity index (χ3v) is 3.69. The molecule has 8 heteroatoms. The quantitative estimate of drug-likeness (QED) is 0.824. The summed E-state index contributed by atoms with van der Waals surface area (Å²) < 4.78 is 4.57. The van der Waals surface area contributed by atoms with E-state index in [2.05, 4.69) is 20.0 Å². The molecule has 2 rings (SSSR count). The molecule has 22 heavy (non-hydrogen) atoms. The third-order valence-electron chi connectivity index (χ3n) is 3.41. The number of methoxy groups -OCH3 is 1. The molecule has 1 aromatic rings. The maximum absolute atomic E-state index is 12.3. The van der Waals surface area contributed by atoms with Crippen LogP contribution in [0.3, 0.4) is 0 Å². The highest BCUT2D eigenvalue weighted by atomic mass is 35.5. The zero-order valence-corrected chi connectivity index (χ0v) is 13.4. The van der Waals surface area contributed by atoms with E-state index >= 15 is 0 Å². The molecule has 1 unspecified atom stereocenters. The number of amides is 1. The highest BCUT2D eigenvalue weighted by Crippen LogP contribution is 2.19. The van der Waals surface area contributed by atoms with Gasteiger partial charge in [-0.2, -0.15) is 0 Å². The van der Waals surface area contributed by atoms with E-state index in [4.69, 9.17) is 11.6 Å². The first-order chi connectivity index (χ1) is 10.5. The predicted octanol–water partition coefficient (Wildman–Crippen LogP) is 1.41. The molecule has 0 aliphatic carbocycles. The lowest BCUT2D eigenvalue weighted by molar-refractivity contribution is -0.141. The fourth-order valence-corrected chi connectivity index (χ4v) is 2.44. The monoisotopic (exact) mass is 326 g/mol. The van der Waals surface area contributed by atoms with Crippen molar-refractivity contribution in [1.29, 1.82) is 0 Å². The Labute approximate surface area is 134 Å². The molecule has 1 saturated heterocycles. The van der Waals surface area contributed by atoms with E-state index in [0.29, 0.717) is 5.95 Å². The van der Waals surface area contributed by atoms with E-state index in [1.807, 2.05) is 4.90 Å². The number of carbonyl (C=O) groups excluding carboxylic acids is 2. The largest absolute Gasteiger partial charge is 0.469 e. The van der Waals surface area contributed by atoms with Crippen LogP contribution in [0.5, 0.6) is 0 Å². The number of hydrogen-bond acceptors (Lipinski definition) is 6. The number of nitrogens with one attached hydrogen (secondary N) is 1. The SMILES string of the molecule is COC(=O)CC(C)NC(=O)c1nc(N2CCCC2)ncc1Cl. The maximum atomic E-state index is 12.3. The molecule has 1 aliphatic heterocycles. The van der Waals surface area contributed by atoms with Gasteiger partial charge in [0.25, 0.3) is 5.91 Å². The number of anilines is 1. The van der Waals surface area contributed by atoms with Gasteiger partial charge in [0, 0.05) is 19.1 Å². The Morgan fingerprint density at radius 1 is 1.45 bits per heavy atom. The Morgan fingerprint density at radius 2 is 2.14 bits per heavy atom. The van der Waals surface area contributed by atoms with Gasteiger partial charge in [0.1, 0.15) is 0 Å². The molecule has 1 fully saturated rings.